The Hall–Kier alpha value is -2.40. The van der Waals surface area contributed by atoms with Gasteiger partial charge in [-0.3, -0.25) is 9.59 Å². The van der Waals surface area contributed by atoms with Crippen LogP contribution in [0.15, 0.2) is 48.5 Å². The molecule has 0 saturated heterocycles. The molecule has 0 fully saturated rings. The molecule has 0 bridgehead atoms. The summed E-state index contributed by atoms with van der Waals surface area (Å²) in [5, 5.41) is 0.592. The summed E-state index contributed by atoms with van der Waals surface area (Å²) in [6.45, 7) is 2.11. The van der Waals surface area contributed by atoms with Crippen molar-refractivity contribution in [2.75, 3.05) is 13.7 Å². The largest absolute Gasteiger partial charge is 0.469 e. The number of ether oxygens (including phenoxy) is 1. The van der Waals surface area contributed by atoms with Crippen LogP contribution in [-0.4, -0.2) is 30.4 Å². The highest BCUT2D eigenvalue weighted by Gasteiger charge is 2.23. The highest BCUT2D eigenvalue weighted by molar-refractivity contribution is 6.30. The summed E-state index contributed by atoms with van der Waals surface area (Å²) < 4.78 is 18.2. The number of carbonyl (C=O) groups is 2. The SMILES string of the molecule is COC(=O)C(C)CN(Cc1ccc(Cl)cc1)C(=O)c1cccc(F)c1. The van der Waals surface area contributed by atoms with E-state index in [2.05, 4.69) is 0 Å². The van der Waals surface area contributed by atoms with Crippen LogP contribution in [0.5, 0.6) is 0 Å². The second kappa shape index (κ2) is 8.62. The zero-order valence-electron chi connectivity index (χ0n) is 14.0. The molecule has 4 nitrogen and oxygen atoms in total. The first-order valence-electron chi connectivity index (χ1n) is 7.78. The predicted molar refractivity (Wildman–Crippen MR) is 93.8 cm³/mol. The summed E-state index contributed by atoms with van der Waals surface area (Å²) in [5.74, 6) is -1.76. The molecule has 1 unspecified atom stereocenters. The predicted octanol–water partition coefficient (Wildman–Crippen LogP) is 3.93. The van der Waals surface area contributed by atoms with Gasteiger partial charge < -0.3 is 9.64 Å². The Kier molecular flexibility index (Phi) is 6.53. The van der Waals surface area contributed by atoms with Gasteiger partial charge in [0.25, 0.3) is 5.91 Å². The van der Waals surface area contributed by atoms with Crippen molar-refractivity contribution < 1.29 is 18.7 Å². The summed E-state index contributed by atoms with van der Waals surface area (Å²) in [6, 6.07) is 12.5. The van der Waals surface area contributed by atoms with Crippen molar-refractivity contribution in [3.05, 3.63) is 70.5 Å². The van der Waals surface area contributed by atoms with E-state index < -0.39 is 17.7 Å². The molecule has 0 radical (unpaired) electrons. The van der Waals surface area contributed by atoms with E-state index in [-0.39, 0.29) is 24.6 Å². The number of esters is 1. The molecule has 1 atom stereocenters. The molecule has 132 valence electrons. The van der Waals surface area contributed by atoms with Gasteiger partial charge in [-0.15, -0.1) is 0 Å². The van der Waals surface area contributed by atoms with Gasteiger partial charge >= 0.3 is 5.97 Å². The van der Waals surface area contributed by atoms with Crippen LogP contribution in [0.4, 0.5) is 4.39 Å². The minimum absolute atomic E-state index is 0.157. The molecule has 0 aromatic heterocycles. The van der Waals surface area contributed by atoms with Crippen LogP contribution in [-0.2, 0) is 16.1 Å². The van der Waals surface area contributed by atoms with Crippen molar-refractivity contribution in [1.82, 2.24) is 4.90 Å². The molecule has 2 rings (SSSR count). The van der Waals surface area contributed by atoms with E-state index in [0.717, 1.165) is 5.56 Å². The second-order valence-corrected chi connectivity index (χ2v) is 6.18. The van der Waals surface area contributed by atoms with Crippen molar-refractivity contribution in [3.8, 4) is 0 Å². The lowest BCUT2D eigenvalue weighted by Crippen LogP contribution is -2.36. The molecular weight excluding hydrogens is 345 g/mol. The van der Waals surface area contributed by atoms with E-state index in [9.17, 15) is 14.0 Å². The molecule has 2 aromatic carbocycles. The average molecular weight is 364 g/mol. The Morgan fingerprint density at radius 2 is 1.88 bits per heavy atom. The van der Waals surface area contributed by atoms with E-state index in [4.69, 9.17) is 16.3 Å². The fourth-order valence-electron chi connectivity index (χ4n) is 2.44. The van der Waals surface area contributed by atoms with Gasteiger partial charge in [0.1, 0.15) is 5.82 Å². The lowest BCUT2D eigenvalue weighted by Gasteiger charge is -2.25. The topological polar surface area (TPSA) is 46.6 Å². The van der Waals surface area contributed by atoms with E-state index in [0.29, 0.717) is 5.02 Å². The Labute approximate surface area is 151 Å². The average Bonchev–Trinajstić information content (AvgIpc) is 2.61. The van der Waals surface area contributed by atoms with Crippen LogP contribution in [0.25, 0.3) is 0 Å². The third-order valence-electron chi connectivity index (χ3n) is 3.74. The molecule has 2 aromatic rings. The van der Waals surface area contributed by atoms with Crippen LogP contribution in [0, 0.1) is 11.7 Å². The number of methoxy groups -OCH3 is 1. The third-order valence-corrected chi connectivity index (χ3v) is 4.00. The fourth-order valence-corrected chi connectivity index (χ4v) is 2.57. The Bertz CT molecular complexity index is 749. The normalized spacial score (nSPS) is 11.7. The number of benzene rings is 2. The Balaban J connectivity index is 2.25. The molecule has 0 aliphatic carbocycles. The van der Waals surface area contributed by atoms with Crippen molar-refractivity contribution in [2.24, 2.45) is 5.92 Å². The molecule has 1 amide bonds. The monoisotopic (exact) mass is 363 g/mol. The second-order valence-electron chi connectivity index (χ2n) is 5.75. The molecular formula is C19H19ClFNO3. The minimum Gasteiger partial charge on any atom is -0.469 e. The lowest BCUT2D eigenvalue weighted by atomic mass is 10.1. The van der Waals surface area contributed by atoms with Gasteiger partial charge in [-0.05, 0) is 35.9 Å². The summed E-state index contributed by atoms with van der Waals surface area (Å²) in [7, 11) is 1.30. The van der Waals surface area contributed by atoms with Gasteiger partial charge in [0, 0.05) is 23.7 Å². The van der Waals surface area contributed by atoms with Gasteiger partial charge in [-0.1, -0.05) is 36.7 Å². The van der Waals surface area contributed by atoms with Crippen LogP contribution >= 0.6 is 11.6 Å². The van der Waals surface area contributed by atoms with Crippen molar-refractivity contribution in [2.45, 2.75) is 13.5 Å². The molecule has 6 heteroatoms. The number of hydrogen-bond donors (Lipinski definition) is 0. The van der Waals surface area contributed by atoms with E-state index in [1.807, 2.05) is 0 Å². The maximum Gasteiger partial charge on any atom is 0.310 e. The number of amides is 1. The molecule has 0 heterocycles. The minimum atomic E-state index is -0.505. The van der Waals surface area contributed by atoms with E-state index in [1.54, 1.807) is 37.3 Å². The first-order valence-corrected chi connectivity index (χ1v) is 8.15. The number of carbonyl (C=O) groups excluding carboxylic acids is 2. The van der Waals surface area contributed by atoms with E-state index >= 15 is 0 Å². The molecule has 0 saturated carbocycles. The molecule has 0 N–H and O–H groups in total. The van der Waals surface area contributed by atoms with E-state index in [1.165, 1.54) is 30.2 Å². The zero-order chi connectivity index (χ0) is 18.4. The highest BCUT2D eigenvalue weighted by Crippen LogP contribution is 2.16. The molecule has 0 aliphatic rings. The number of halogens is 2. The highest BCUT2D eigenvalue weighted by atomic mass is 35.5. The fraction of sp³-hybridized carbons (Fsp3) is 0.263. The van der Waals surface area contributed by atoms with Crippen molar-refractivity contribution in [3.63, 3.8) is 0 Å². The quantitative estimate of drug-likeness (QED) is 0.730. The smallest absolute Gasteiger partial charge is 0.310 e. The van der Waals surface area contributed by atoms with Gasteiger partial charge in [-0.2, -0.15) is 0 Å². The lowest BCUT2D eigenvalue weighted by molar-refractivity contribution is -0.145. The van der Waals surface area contributed by atoms with Crippen LogP contribution in [0.2, 0.25) is 5.02 Å². The Morgan fingerprint density at radius 1 is 1.20 bits per heavy atom. The maximum absolute atomic E-state index is 13.4. The van der Waals surface area contributed by atoms with Crippen LogP contribution in [0.3, 0.4) is 0 Å². The summed E-state index contributed by atoms with van der Waals surface area (Å²) in [5.41, 5.74) is 1.08. The van der Waals surface area contributed by atoms with Gasteiger partial charge in [0.2, 0.25) is 0 Å². The zero-order valence-corrected chi connectivity index (χ0v) is 14.8. The summed E-state index contributed by atoms with van der Waals surface area (Å²) in [6.07, 6.45) is 0. The van der Waals surface area contributed by atoms with Crippen molar-refractivity contribution in [1.29, 1.82) is 0 Å². The maximum atomic E-state index is 13.4. The molecule has 0 aliphatic heterocycles. The molecule has 25 heavy (non-hydrogen) atoms. The summed E-state index contributed by atoms with van der Waals surface area (Å²) in [4.78, 5) is 26.0. The number of rotatable bonds is 6. The van der Waals surface area contributed by atoms with Gasteiger partial charge in [0.15, 0.2) is 0 Å². The van der Waals surface area contributed by atoms with Crippen molar-refractivity contribution >= 4 is 23.5 Å². The molecule has 0 spiro atoms. The van der Waals surface area contributed by atoms with Gasteiger partial charge in [-0.25, -0.2) is 4.39 Å². The Morgan fingerprint density at radius 3 is 2.48 bits per heavy atom. The number of hydrogen-bond acceptors (Lipinski definition) is 3. The van der Waals surface area contributed by atoms with Gasteiger partial charge in [0.05, 0.1) is 13.0 Å². The third kappa shape index (κ3) is 5.29. The first-order chi connectivity index (χ1) is 11.9. The van der Waals surface area contributed by atoms with Crippen LogP contribution in [0.1, 0.15) is 22.8 Å². The number of nitrogens with zero attached hydrogens (tertiary/aromatic N) is 1. The summed E-state index contributed by atoms with van der Waals surface area (Å²) >= 11 is 5.89. The first kappa shape index (κ1) is 18.9. The van der Waals surface area contributed by atoms with Crippen LogP contribution < -0.4 is 0 Å². The standard InChI is InChI=1S/C19H19ClFNO3/c1-13(19(24)25-2)11-22(12-14-6-8-16(20)9-7-14)18(23)15-4-3-5-17(21)10-15/h3-10,13H,11-12H2,1-2H3.